The highest BCUT2D eigenvalue weighted by Crippen LogP contribution is 2.57. The summed E-state index contributed by atoms with van der Waals surface area (Å²) in [5, 5.41) is 12.9. The van der Waals surface area contributed by atoms with Crippen molar-refractivity contribution in [2.45, 2.75) is 62.7 Å². The van der Waals surface area contributed by atoms with Crippen LogP contribution in [-0.2, 0) is 21.7 Å². The number of morpholine rings is 1. The third-order valence-corrected chi connectivity index (χ3v) is 10.7. The van der Waals surface area contributed by atoms with Crippen LogP contribution in [0.1, 0.15) is 55.1 Å². The molecule has 3 aliphatic rings. The highest BCUT2D eigenvalue weighted by atomic mass is 32.2. The number of carbonyl (C=O) groups is 1. The lowest BCUT2D eigenvalue weighted by Crippen LogP contribution is -2.54. The third kappa shape index (κ3) is 4.57. The molecule has 0 radical (unpaired) electrons. The Bertz CT molecular complexity index is 1010. The van der Waals surface area contributed by atoms with Gasteiger partial charge in [0.25, 0.3) is 0 Å². The number of nitrogens with zero attached hydrogens (tertiary/aromatic N) is 2. The van der Waals surface area contributed by atoms with E-state index in [1.165, 1.54) is 20.5 Å². The molecule has 2 aromatic rings. The molecule has 1 saturated heterocycles. The average Bonchev–Trinajstić information content (AvgIpc) is 3.26. The Kier molecular flexibility index (Phi) is 7.09. The summed E-state index contributed by atoms with van der Waals surface area (Å²) in [6, 6.07) is 10.5. The molecule has 1 amide bonds. The quantitative estimate of drug-likeness (QED) is 0.587. The molecule has 5 nitrogen and oxygen atoms in total. The van der Waals surface area contributed by atoms with Gasteiger partial charge in [0, 0.05) is 34.7 Å². The van der Waals surface area contributed by atoms with Gasteiger partial charge in [-0.05, 0) is 48.6 Å². The number of benzene rings is 1. The molecule has 184 valence electrons. The van der Waals surface area contributed by atoms with E-state index in [1.54, 1.807) is 0 Å². The number of hydrogen-bond donors (Lipinski definition) is 1. The van der Waals surface area contributed by atoms with Crippen LogP contribution in [0.25, 0.3) is 0 Å². The number of carbonyl (C=O) groups excluding carboxylic acids is 1. The van der Waals surface area contributed by atoms with Crippen molar-refractivity contribution in [3.05, 3.63) is 45.9 Å². The molecule has 1 aromatic heterocycles. The number of ether oxygens (including phenoxy) is 1. The normalized spacial score (nSPS) is 32.1. The van der Waals surface area contributed by atoms with Crippen molar-refractivity contribution in [2.75, 3.05) is 26.3 Å². The molecule has 5 rings (SSSR count). The Balaban J connectivity index is 1.32. The van der Waals surface area contributed by atoms with E-state index in [2.05, 4.69) is 38.1 Å². The van der Waals surface area contributed by atoms with Crippen molar-refractivity contribution in [3.63, 3.8) is 0 Å². The summed E-state index contributed by atoms with van der Waals surface area (Å²) >= 11 is 3.69. The zero-order valence-corrected chi connectivity index (χ0v) is 22.0. The number of rotatable bonds is 5. The van der Waals surface area contributed by atoms with Crippen LogP contribution in [0.15, 0.2) is 35.2 Å². The smallest absolute Gasteiger partial charge is 0.225 e. The van der Waals surface area contributed by atoms with E-state index in [4.69, 9.17) is 9.72 Å². The molecule has 0 bridgehead atoms. The molecule has 1 aromatic carbocycles. The predicted octanol–water partition coefficient (Wildman–Crippen LogP) is 4.98. The molecular formula is C27H36N2O3S2. The molecular weight excluding hydrogens is 464 g/mol. The van der Waals surface area contributed by atoms with E-state index in [0.717, 1.165) is 25.0 Å². The van der Waals surface area contributed by atoms with Crippen molar-refractivity contribution in [1.82, 2.24) is 9.88 Å². The summed E-state index contributed by atoms with van der Waals surface area (Å²) in [6.45, 7) is 9.17. The van der Waals surface area contributed by atoms with Gasteiger partial charge in [-0.1, -0.05) is 39.0 Å². The number of thiazole rings is 1. The second-order valence-electron chi connectivity index (χ2n) is 10.6. The second kappa shape index (κ2) is 9.92. The van der Waals surface area contributed by atoms with Crippen LogP contribution in [0.4, 0.5) is 0 Å². The summed E-state index contributed by atoms with van der Waals surface area (Å²) in [5.74, 6) is 1.23. The van der Waals surface area contributed by atoms with Crippen molar-refractivity contribution in [2.24, 2.45) is 23.2 Å². The van der Waals surface area contributed by atoms with Gasteiger partial charge in [0.05, 0.1) is 30.8 Å². The molecule has 1 aliphatic heterocycles. The van der Waals surface area contributed by atoms with Gasteiger partial charge in [-0.2, -0.15) is 0 Å². The molecule has 0 spiro atoms. The molecule has 1 N–H and O–H groups in total. The van der Waals surface area contributed by atoms with Gasteiger partial charge in [0.15, 0.2) is 0 Å². The first-order valence-corrected chi connectivity index (χ1v) is 14.4. The summed E-state index contributed by atoms with van der Waals surface area (Å²) in [6.07, 6.45) is 2.46. The van der Waals surface area contributed by atoms with Crippen molar-refractivity contribution < 1.29 is 14.6 Å². The fourth-order valence-electron chi connectivity index (χ4n) is 6.58. The first-order chi connectivity index (χ1) is 16.4. The van der Waals surface area contributed by atoms with Crippen LogP contribution >= 0.6 is 23.1 Å². The Morgan fingerprint density at radius 1 is 1.32 bits per heavy atom. The van der Waals surface area contributed by atoms with E-state index < -0.39 is 6.10 Å². The monoisotopic (exact) mass is 500 g/mol. The lowest BCUT2D eigenvalue weighted by atomic mass is 9.53. The van der Waals surface area contributed by atoms with Crippen LogP contribution in [0.2, 0.25) is 0 Å². The third-order valence-electron chi connectivity index (χ3n) is 8.43. The maximum absolute atomic E-state index is 13.2. The molecule has 34 heavy (non-hydrogen) atoms. The number of aliphatic hydroxyl groups is 1. The standard InChI is InChI=1S/C27H36N2O3S2/c1-17(26(31)29-11-13-32-14-12-29)20-9-10-27(3)15-21-24(18(2)23(27)25(20)30)28-22(34-21)16-33-19-7-5-4-6-8-19/h4-8,17-18,20,23,25,30H,9-16H2,1-3H3/t17-,18-,20+,23+,25-,27-/m0/s1. The van der Waals surface area contributed by atoms with Crippen molar-refractivity contribution in [3.8, 4) is 0 Å². The van der Waals surface area contributed by atoms with E-state index in [-0.39, 0.29) is 35.0 Å². The summed E-state index contributed by atoms with van der Waals surface area (Å²) in [5.41, 5.74) is 1.24. The Morgan fingerprint density at radius 2 is 2.06 bits per heavy atom. The number of fused-ring (bicyclic) bond motifs is 2. The van der Waals surface area contributed by atoms with Gasteiger partial charge in [-0.3, -0.25) is 4.79 Å². The van der Waals surface area contributed by atoms with E-state index in [1.807, 2.05) is 41.0 Å². The lowest BCUT2D eigenvalue weighted by Gasteiger charge is -2.53. The van der Waals surface area contributed by atoms with Gasteiger partial charge in [-0.25, -0.2) is 4.98 Å². The summed E-state index contributed by atoms with van der Waals surface area (Å²) in [4.78, 5) is 22.9. The number of aromatic nitrogens is 1. The number of amides is 1. The highest BCUT2D eigenvalue weighted by Gasteiger charge is 2.54. The molecule has 6 atom stereocenters. The maximum atomic E-state index is 13.2. The molecule has 7 heteroatoms. The molecule has 1 saturated carbocycles. The Morgan fingerprint density at radius 3 is 2.79 bits per heavy atom. The minimum Gasteiger partial charge on any atom is -0.392 e. The average molecular weight is 501 g/mol. The lowest BCUT2D eigenvalue weighted by molar-refractivity contribution is -0.148. The van der Waals surface area contributed by atoms with Gasteiger partial charge >= 0.3 is 0 Å². The van der Waals surface area contributed by atoms with E-state index in [9.17, 15) is 9.90 Å². The van der Waals surface area contributed by atoms with E-state index >= 15 is 0 Å². The van der Waals surface area contributed by atoms with Crippen molar-refractivity contribution >= 4 is 29.0 Å². The molecule has 2 fully saturated rings. The van der Waals surface area contributed by atoms with Crippen LogP contribution in [0, 0.1) is 23.2 Å². The van der Waals surface area contributed by atoms with Gasteiger partial charge in [-0.15, -0.1) is 23.1 Å². The first kappa shape index (κ1) is 24.3. The Labute approximate surface area is 211 Å². The number of thioether (sulfide) groups is 1. The SMILES string of the molecule is C[C@H](C(=O)N1CCOCC1)[C@H]1CC[C@@]2(C)Cc3sc(CSc4ccccc4)nc3[C@@H](C)[C@@H]2[C@H]1O. The zero-order chi connectivity index (χ0) is 23.9. The van der Waals surface area contributed by atoms with Gasteiger partial charge < -0.3 is 14.7 Å². The minimum atomic E-state index is -0.481. The van der Waals surface area contributed by atoms with Crippen LogP contribution in [-0.4, -0.2) is 53.3 Å². The predicted molar refractivity (Wildman–Crippen MR) is 137 cm³/mol. The second-order valence-corrected chi connectivity index (χ2v) is 12.8. The molecule has 2 heterocycles. The number of hydrogen-bond acceptors (Lipinski definition) is 6. The first-order valence-electron chi connectivity index (χ1n) is 12.6. The van der Waals surface area contributed by atoms with Crippen LogP contribution < -0.4 is 0 Å². The Hall–Kier alpha value is -1.41. The summed E-state index contributed by atoms with van der Waals surface area (Å²) in [7, 11) is 0. The van der Waals surface area contributed by atoms with E-state index in [0.29, 0.717) is 26.3 Å². The molecule has 2 aliphatic carbocycles. The van der Waals surface area contributed by atoms with Crippen LogP contribution in [0.3, 0.4) is 0 Å². The van der Waals surface area contributed by atoms with Crippen molar-refractivity contribution in [1.29, 1.82) is 0 Å². The maximum Gasteiger partial charge on any atom is 0.225 e. The number of aliphatic hydroxyl groups excluding tert-OH is 1. The largest absolute Gasteiger partial charge is 0.392 e. The highest BCUT2D eigenvalue weighted by molar-refractivity contribution is 7.98. The molecule has 0 unspecified atom stereocenters. The van der Waals surface area contributed by atoms with Gasteiger partial charge in [0.2, 0.25) is 5.91 Å². The fourth-order valence-corrected chi connectivity index (χ4v) is 8.86. The van der Waals surface area contributed by atoms with Crippen LogP contribution in [0.5, 0.6) is 0 Å². The van der Waals surface area contributed by atoms with Gasteiger partial charge in [0.1, 0.15) is 5.01 Å². The minimum absolute atomic E-state index is 0.00385. The topological polar surface area (TPSA) is 62.7 Å². The zero-order valence-electron chi connectivity index (χ0n) is 20.4. The fraction of sp³-hybridized carbons (Fsp3) is 0.630. The summed E-state index contributed by atoms with van der Waals surface area (Å²) < 4.78 is 5.42.